The normalized spacial score (nSPS) is 10.7. The van der Waals surface area contributed by atoms with E-state index >= 15 is 0 Å². The summed E-state index contributed by atoms with van der Waals surface area (Å²) in [7, 11) is 12.2. The molecule has 2 rings (SSSR count). The number of hydrogen-bond donors (Lipinski definition) is 0. The summed E-state index contributed by atoms with van der Waals surface area (Å²) in [6.07, 6.45) is 0. The van der Waals surface area contributed by atoms with Crippen molar-refractivity contribution in [2.45, 2.75) is 5.25 Å². The first-order valence-corrected chi connectivity index (χ1v) is 9.51. The topological polar surface area (TPSA) is 9.72 Å². The van der Waals surface area contributed by atoms with Gasteiger partial charge in [0.25, 0.3) is 0 Å². The van der Waals surface area contributed by atoms with Gasteiger partial charge in [0.1, 0.15) is 4.32 Å². The van der Waals surface area contributed by atoms with Crippen molar-refractivity contribution >= 4 is 39.7 Å². The molecule has 0 saturated heterocycles. The molecule has 0 aliphatic carbocycles. The lowest BCUT2D eigenvalue weighted by molar-refractivity contribution is 0.647. The number of hydrogen-bond acceptors (Lipinski definition) is 4. The molecule has 134 valence electrons. The van der Waals surface area contributed by atoms with Crippen molar-refractivity contribution in [2.75, 3.05) is 52.1 Å². The molecular formula is C20H27N3S2. The molecule has 0 saturated carbocycles. The molecule has 2 aromatic rings. The van der Waals surface area contributed by atoms with Crippen LogP contribution in [0.3, 0.4) is 0 Å². The Morgan fingerprint density at radius 3 is 1.36 bits per heavy atom. The minimum Gasteiger partial charge on any atom is -0.378 e. The molecule has 0 aliphatic heterocycles. The van der Waals surface area contributed by atoms with Crippen molar-refractivity contribution in [3.05, 3.63) is 59.7 Å². The average molecular weight is 374 g/mol. The third kappa shape index (κ3) is 5.13. The van der Waals surface area contributed by atoms with Gasteiger partial charge in [-0.2, -0.15) is 0 Å². The monoisotopic (exact) mass is 373 g/mol. The van der Waals surface area contributed by atoms with Crippen molar-refractivity contribution in [2.24, 2.45) is 0 Å². The van der Waals surface area contributed by atoms with Crippen LogP contribution in [0.15, 0.2) is 48.5 Å². The van der Waals surface area contributed by atoms with Gasteiger partial charge in [0.05, 0.1) is 5.25 Å². The second-order valence-electron chi connectivity index (χ2n) is 6.63. The number of rotatable bonds is 5. The van der Waals surface area contributed by atoms with Gasteiger partial charge in [-0.15, -0.1) is 0 Å². The zero-order chi connectivity index (χ0) is 18.6. The van der Waals surface area contributed by atoms with Crippen LogP contribution < -0.4 is 9.80 Å². The van der Waals surface area contributed by atoms with Gasteiger partial charge in [-0.25, -0.2) is 0 Å². The van der Waals surface area contributed by atoms with E-state index in [-0.39, 0.29) is 5.25 Å². The molecule has 3 nitrogen and oxygen atoms in total. The molecular weight excluding hydrogens is 346 g/mol. The highest BCUT2D eigenvalue weighted by Gasteiger charge is 2.18. The highest BCUT2D eigenvalue weighted by molar-refractivity contribution is 8.23. The maximum Gasteiger partial charge on any atom is 0.136 e. The Labute approximate surface area is 161 Å². The predicted octanol–water partition coefficient (Wildman–Crippen LogP) is 4.49. The Morgan fingerprint density at radius 1 is 0.720 bits per heavy atom. The Hall–Kier alpha value is -1.72. The fourth-order valence-corrected chi connectivity index (χ4v) is 3.72. The van der Waals surface area contributed by atoms with Gasteiger partial charge < -0.3 is 14.7 Å². The first-order chi connectivity index (χ1) is 11.8. The van der Waals surface area contributed by atoms with Crippen LogP contribution >= 0.6 is 24.0 Å². The molecule has 0 bridgehead atoms. The molecule has 25 heavy (non-hydrogen) atoms. The number of anilines is 2. The van der Waals surface area contributed by atoms with E-state index in [1.165, 1.54) is 22.5 Å². The second-order valence-corrected chi connectivity index (χ2v) is 8.37. The van der Waals surface area contributed by atoms with Crippen LogP contribution in [0.4, 0.5) is 11.4 Å². The summed E-state index contributed by atoms with van der Waals surface area (Å²) in [5.74, 6) is 0. The fraction of sp³-hybridized carbons (Fsp3) is 0.350. The van der Waals surface area contributed by atoms with Crippen LogP contribution in [-0.2, 0) is 0 Å². The minimum absolute atomic E-state index is 0.183. The molecule has 2 aromatic carbocycles. The molecule has 0 fully saturated rings. The number of thiocarbonyl (C=S) groups is 1. The zero-order valence-corrected chi connectivity index (χ0v) is 17.5. The first-order valence-electron chi connectivity index (χ1n) is 8.22. The molecule has 0 amide bonds. The third-order valence-electron chi connectivity index (χ3n) is 4.01. The van der Waals surface area contributed by atoms with E-state index in [0.717, 1.165) is 4.32 Å². The molecule has 0 atom stereocenters. The van der Waals surface area contributed by atoms with Crippen molar-refractivity contribution < 1.29 is 0 Å². The van der Waals surface area contributed by atoms with Crippen molar-refractivity contribution in [3.63, 3.8) is 0 Å². The van der Waals surface area contributed by atoms with E-state index in [1.807, 2.05) is 19.0 Å². The Bertz CT molecular complexity index is 640. The lowest BCUT2D eigenvalue weighted by atomic mass is 10.0. The molecule has 0 radical (unpaired) electrons. The Kier molecular flexibility index (Phi) is 6.73. The smallest absolute Gasteiger partial charge is 0.136 e. The van der Waals surface area contributed by atoms with Crippen LogP contribution in [0.1, 0.15) is 16.4 Å². The first kappa shape index (κ1) is 19.6. The molecule has 0 unspecified atom stereocenters. The number of nitrogens with zero attached hydrogens (tertiary/aromatic N) is 3. The number of thioether (sulfide) groups is 1. The van der Waals surface area contributed by atoms with E-state index in [1.54, 1.807) is 11.8 Å². The van der Waals surface area contributed by atoms with Crippen LogP contribution in [-0.4, -0.2) is 51.5 Å². The largest absolute Gasteiger partial charge is 0.378 e. The van der Waals surface area contributed by atoms with Crippen LogP contribution in [0.25, 0.3) is 0 Å². The third-order valence-corrected chi connectivity index (χ3v) is 6.01. The van der Waals surface area contributed by atoms with Crippen LogP contribution in [0, 0.1) is 0 Å². The summed E-state index contributed by atoms with van der Waals surface area (Å²) in [6, 6.07) is 17.4. The summed E-state index contributed by atoms with van der Waals surface area (Å²) in [6.45, 7) is 0. The maximum absolute atomic E-state index is 5.56. The van der Waals surface area contributed by atoms with Gasteiger partial charge >= 0.3 is 0 Å². The van der Waals surface area contributed by atoms with E-state index in [4.69, 9.17) is 12.2 Å². The summed E-state index contributed by atoms with van der Waals surface area (Å²) >= 11 is 7.28. The molecule has 0 aromatic heterocycles. The van der Waals surface area contributed by atoms with Crippen molar-refractivity contribution in [1.82, 2.24) is 4.90 Å². The van der Waals surface area contributed by atoms with Gasteiger partial charge in [0.2, 0.25) is 0 Å². The molecule has 0 spiro atoms. The predicted molar refractivity (Wildman–Crippen MR) is 117 cm³/mol. The number of benzene rings is 2. The van der Waals surface area contributed by atoms with Crippen molar-refractivity contribution in [3.8, 4) is 0 Å². The molecule has 5 heteroatoms. The van der Waals surface area contributed by atoms with E-state index in [9.17, 15) is 0 Å². The Morgan fingerprint density at radius 2 is 1.08 bits per heavy atom. The molecule has 0 aliphatic rings. The van der Waals surface area contributed by atoms with Crippen molar-refractivity contribution in [1.29, 1.82) is 0 Å². The summed E-state index contributed by atoms with van der Waals surface area (Å²) in [5, 5.41) is 0.183. The average Bonchev–Trinajstić information content (AvgIpc) is 2.59. The summed E-state index contributed by atoms with van der Waals surface area (Å²) in [4.78, 5) is 6.22. The summed E-state index contributed by atoms with van der Waals surface area (Å²) in [5.41, 5.74) is 4.92. The molecule has 0 heterocycles. The SMILES string of the molecule is CN(C)C(=S)SC(c1ccc(N(C)C)cc1)c1ccc(N(C)C)cc1. The van der Waals surface area contributed by atoms with Gasteiger partial charge in [0, 0.05) is 53.7 Å². The standard InChI is InChI=1S/C20H27N3S2/c1-21(2)17-11-7-15(8-12-17)19(25-20(24)23(5)6)16-9-13-18(14-10-16)22(3)4/h7-14,19H,1-6H3. The highest BCUT2D eigenvalue weighted by Crippen LogP contribution is 2.38. The van der Waals surface area contributed by atoms with Gasteiger partial charge in [-0.05, 0) is 35.4 Å². The van der Waals surface area contributed by atoms with Gasteiger partial charge in [-0.3, -0.25) is 0 Å². The summed E-state index contributed by atoms with van der Waals surface area (Å²) < 4.78 is 0.887. The van der Waals surface area contributed by atoms with Crippen LogP contribution in [0.2, 0.25) is 0 Å². The highest BCUT2D eigenvalue weighted by atomic mass is 32.2. The lowest BCUT2D eigenvalue weighted by Crippen LogP contribution is -2.18. The fourth-order valence-electron chi connectivity index (χ4n) is 2.43. The minimum atomic E-state index is 0.183. The zero-order valence-electron chi connectivity index (χ0n) is 15.9. The second kappa shape index (κ2) is 8.59. The quantitative estimate of drug-likeness (QED) is 0.712. The van der Waals surface area contributed by atoms with E-state index in [2.05, 4.69) is 86.5 Å². The Balaban J connectivity index is 2.36. The van der Waals surface area contributed by atoms with Gasteiger partial charge in [-0.1, -0.05) is 48.2 Å². The van der Waals surface area contributed by atoms with Gasteiger partial charge in [0.15, 0.2) is 0 Å². The maximum atomic E-state index is 5.56. The van der Waals surface area contributed by atoms with E-state index < -0.39 is 0 Å². The van der Waals surface area contributed by atoms with Crippen LogP contribution in [0.5, 0.6) is 0 Å². The van der Waals surface area contributed by atoms with E-state index in [0.29, 0.717) is 0 Å². The lowest BCUT2D eigenvalue weighted by Gasteiger charge is -2.23. The molecule has 0 N–H and O–H groups in total.